The van der Waals surface area contributed by atoms with Crippen LogP contribution < -0.4 is 5.32 Å². The minimum atomic E-state index is -0.399. The highest BCUT2D eigenvalue weighted by Crippen LogP contribution is 2.61. The molecule has 1 aliphatic heterocycles. The van der Waals surface area contributed by atoms with Crippen molar-refractivity contribution in [1.82, 2.24) is 10.2 Å². The van der Waals surface area contributed by atoms with E-state index < -0.39 is 6.09 Å². The Balaban J connectivity index is 1.25. The number of carbonyl (C=O) groups excluding carboxylic acids is 2. The van der Waals surface area contributed by atoms with Gasteiger partial charge < -0.3 is 15.0 Å². The molecule has 0 spiro atoms. The van der Waals surface area contributed by atoms with Crippen LogP contribution >= 0.6 is 11.6 Å². The lowest BCUT2D eigenvalue weighted by Gasteiger charge is -2.57. The third kappa shape index (κ3) is 3.97. The van der Waals surface area contributed by atoms with Crippen molar-refractivity contribution < 1.29 is 14.3 Å². The first-order valence-electron chi connectivity index (χ1n) is 10.3. The molecule has 6 heteroatoms. The van der Waals surface area contributed by atoms with Crippen LogP contribution in [0.3, 0.4) is 0 Å². The van der Waals surface area contributed by atoms with E-state index in [9.17, 15) is 9.59 Å². The Morgan fingerprint density at radius 2 is 1.62 bits per heavy atom. The zero-order chi connectivity index (χ0) is 18.1. The smallest absolute Gasteiger partial charge is 0.407 e. The summed E-state index contributed by atoms with van der Waals surface area (Å²) in [4.78, 5) is 26.6. The van der Waals surface area contributed by atoms with Crippen LogP contribution in [0.25, 0.3) is 0 Å². The molecule has 0 aromatic heterocycles. The lowest BCUT2D eigenvalue weighted by Crippen LogP contribution is -2.50. The number of nitrogens with zero attached hydrogens (tertiary/aromatic N) is 1. The third-order valence-electron chi connectivity index (χ3n) is 7.17. The molecular weight excluding hydrogens is 352 g/mol. The summed E-state index contributed by atoms with van der Waals surface area (Å²) in [7, 11) is 0. The quantitative estimate of drug-likeness (QED) is 0.740. The van der Waals surface area contributed by atoms with E-state index in [4.69, 9.17) is 16.3 Å². The maximum Gasteiger partial charge on any atom is 0.407 e. The van der Waals surface area contributed by atoms with Crippen molar-refractivity contribution >= 4 is 23.6 Å². The monoisotopic (exact) mass is 382 g/mol. The number of amides is 2. The molecule has 0 radical (unpaired) electrons. The Hall–Kier alpha value is -0.970. The van der Waals surface area contributed by atoms with E-state index in [1.165, 1.54) is 38.5 Å². The van der Waals surface area contributed by atoms with E-state index in [0.717, 1.165) is 50.1 Å². The van der Waals surface area contributed by atoms with Crippen molar-refractivity contribution in [3.63, 3.8) is 0 Å². The molecular formula is C20H31ClN2O3. The van der Waals surface area contributed by atoms with E-state index >= 15 is 0 Å². The first-order valence-corrected chi connectivity index (χ1v) is 10.9. The van der Waals surface area contributed by atoms with Crippen LogP contribution in [0.5, 0.6) is 0 Å². The highest BCUT2D eigenvalue weighted by Gasteiger charge is 2.51. The van der Waals surface area contributed by atoms with E-state index in [2.05, 4.69) is 5.32 Å². The van der Waals surface area contributed by atoms with Crippen LogP contribution in [-0.4, -0.2) is 48.5 Å². The fraction of sp³-hybridized carbons (Fsp3) is 0.900. The van der Waals surface area contributed by atoms with Crippen molar-refractivity contribution in [3.05, 3.63) is 0 Å². The van der Waals surface area contributed by atoms with Crippen molar-refractivity contribution in [1.29, 1.82) is 0 Å². The Bertz CT molecular complexity index is 510. The van der Waals surface area contributed by atoms with Crippen LogP contribution in [0.15, 0.2) is 0 Å². The molecule has 5 rings (SSSR count). The van der Waals surface area contributed by atoms with Gasteiger partial charge in [0.1, 0.15) is 6.61 Å². The van der Waals surface area contributed by atoms with Gasteiger partial charge in [-0.2, -0.15) is 0 Å². The fourth-order valence-corrected chi connectivity index (χ4v) is 6.63. The highest BCUT2D eigenvalue weighted by molar-refractivity contribution is 6.18. The largest absolute Gasteiger partial charge is 0.448 e. The second kappa shape index (κ2) is 7.57. The summed E-state index contributed by atoms with van der Waals surface area (Å²) in [6.45, 7) is 1.72. The number of piperidine rings is 1. The van der Waals surface area contributed by atoms with Gasteiger partial charge in [0.25, 0.3) is 0 Å². The molecule has 4 saturated carbocycles. The van der Waals surface area contributed by atoms with Crippen molar-refractivity contribution in [2.45, 2.75) is 63.8 Å². The number of hydrogen-bond donors (Lipinski definition) is 1. The maximum atomic E-state index is 13.0. The van der Waals surface area contributed by atoms with Gasteiger partial charge in [0.05, 0.1) is 5.88 Å². The van der Waals surface area contributed by atoms with Gasteiger partial charge >= 0.3 is 6.09 Å². The fourth-order valence-electron chi connectivity index (χ4n) is 6.55. The summed E-state index contributed by atoms with van der Waals surface area (Å²) in [5.74, 6) is 3.33. The van der Waals surface area contributed by atoms with Crippen molar-refractivity contribution in [3.8, 4) is 0 Å². The predicted octanol–water partition coefficient (Wildman–Crippen LogP) is 3.55. The van der Waals surface area contributed by atoms with Gasteiger partial charge in [0.2, 0.25) is 5.91 Å². The van der Waals surface area contributed by atoms with Crippen molar-refractivity contribution in [2.75, 3.05) is 25.6 Å². The maximum absolute atomic E-state index is 13.0. The number of alkyl carbamates (subject to hydrolysis) is 1. The molecule has 5 fully saturated rings. The molecule has 2 amide bonds. The topological polar surface area (TPSA) is 58.6 Å². The van der Waals surface area contributed by atoms with Gasteiger partial charge in [0, 0.05) is 25.6 Å². The molecule has 5 nitrogen and oxygen atoms in total. The molecule has 0 aromatic carbocycles. The van der Waals surface area contributed by atoms with Gasteiger partial charge in [0.15, 0.2) is 0 Å². The number of halogens is 1. The Kier molecular flexibility index (Phi) is 5.36. The lowest BCUT2D eigenvalue weighted by atomic mass is 9.49. The minimum Gasteiger partial charge on any atom is -0.448 e. The third-order valence-corrected chi connectivity index (χ3v) is 7.33. The minimum absolute atomic E-state index is 0.0985. The van der Waals surface area contributed by atoms with E-state index in [-0.39, 0.29) is 12.6 Å². The van der Waals surface area contributed by atoms with Crippen molar-refractivity contribution in [2.24, 2.45) is 23.2 Å². The first-order chi connectivity index (χ1) is 12.5. The molecule has 1 saturated heterocycles. The van der Waals surface area contributed by atoms with Gasteiger partial charge in [-0.3, -0.25) is 4.79 Å². The first kappa shape index (κ1) is 18.4. The molecule has 4 bridgehead atoms. The number of carbonyl (C=O) groups is 2. The standard InChI is InChI=1S/C20H31ClN2O3/c21-3-6-26-19(25)22-17-1-4-23(5-2-17)18(24)13-20-10-14-7-15(11-20)9-16(8-14)12-20/h14-17H,1-13H2,(H,22,25). The number of nitrogens with one attached hydrogen (secondary N) is 1. The summed E-state index contributed by atoms with van der Waals surface area (Å²) in [5.41, 5.74) is 0.312. The molecule has 0 aromatic rings. The zero-order valence-corrected chi connectivity index (χ0v) is 16.3. The SMILES string of the molecule is O=C(NC1CCN(C(=O)CC23CC4CC(CC(C4)C2)C3)CC1)OCCCl. The van der Waals surface area contributed by atoms with Gasteiger partial charge in [-0.25, -0.2) is 4.79 Å². The van der Waals surface area contributed by atoms with Gasteiger partial charge in [-0.15, -0.1) is 11.6 Å². The van der Waals surface area contributed by atoms with Crippen LogP contribution in [0.1, 0.15) is 57.8 Å². The predicted molar refractivity (Wildman–Crippen MR) is 100 cm³/mol. The average Bonchev–Trinajstić information content (AvgIpc) is 2.59. The molecule has 26 heavy (non-hydrogen) atoms. The zero-order valence-electron chi connectivity index (χ0n) is 15.6. The van der Waals surface area contributed by atoms with Crippen LogP contribution in [0.2, 0.25) is 0 Å². The molecule has 1 N–H and O–H groups in total. The molecule has 5 aliphatic rings. The lowest BCUT2D eigenvalue weighted by molar-refractivity contribution is -0.140. The summed E-state index contributed by atoms with van der Waals surface area (Å²) in [5, 5.41) is 2.88. The van der Waals surface area contributed by atoms with Gasteiger partial charge in [-0.05, 0) is 74.5 Å². The van der Waals surface area contributed by atoms with Gasteiger partial charge in [-0.1, -0.05) is 0 Å². The Morgan fingerprint density at radius 1 is 1.04 bits per heavy atom. The Morgan fingerprint density at radius 3 is 2.15 bits per heavy atom. The number of likely N-dealkylation sites (tertiary alicyclic amines) is 1. The highest BCUT2D eigenvalue weighted by atomic mass is 35.5. The average molecular weight is 383 g/mol. The number of rotatable bonds is 5. The van der Waals surface area contributed by atoms with E-state index in [1.54, 1.807) is 0 Å². The number of hydrogen-bond acceptors (Lipinski definition) is 3. The second-order valence-corrected chi connectivity index (χ2v) is 9.60. The molecule has 0 unspecified atom stereocenters. The van der Waals surface area contributed by atoms with E-state index in [0.29, 0.717) is 17.2 Å². The summed E-state index contributed by atoms with van der Waals surface area (Å²) in [6.07, 6.45) is 10.1. The molecule has 4 aliphatic carbocycles. The second-order valence-electron chi connectivity index (χ2n) is 9.22. The summed E-state index contributed by atoms with van der Waals surface area (Å²) >= 11 is 5.52. The molecule has 0 atom stereocenters. The number of ether oxygens (including phenoxy) is 1. The Labute approximate surface area is 161 Å². The van der Waals surface area contributed by atoms with Crippen LogP contribution in [0.4, 0.5) is 4.79 Å². The molecule has 1 heterocycles. The summed E-state index contributed by atoms with van der Waals surface area (Å²) < 4.78 is 4.96. The number of alkyl halides is 1. The molecule has 146 valence electrons. The summed E-state index contributed by atoms with van der Waals surface area (Å²) in [6, 6.07) is 0.0985. The normalized spacial score (nSPS) is 36.2. The van der Waals surface area contributed by atoms with Crippen LogP contribution in [0, 0.1) is 23.2 Å². The van der Waals surface area contributed by atoms with Crippen LogP contribution in [-0.2, 0) is 9.53 Å². The van der Waals surface area contributed by atoms with E-state index in [1.807, 2.05) is 4.90 Å².